The number of rotatable bonds is 4. The van der Waals surface area contributed by atoms with Gasteiger partial charge < -0.3 is 9.52 Å². The number of carboxylic acids is 1. The van der Waals surface area contributed by atoms with Gasteiger partial charge in [-0.05, 0) is 19.9 Å². The van der Waals surface area contributed by atoms with Crippen LogP contribution in [0.15, 0.2) is 27.6 Å². The fraction of sp³-hybridized carbons (Fsp3) is 0.167. The number of pyridine rings is 1. The fourth-order valence-electron chi connectivity index (χ4n) is 1.88. The number of aryl methyl sites for hydroxylation is 2. The average Bonchev–Trinajstić information content (AvgIpc) is 2.64. The maximum Gasteiger partial charge on any atom is 0.340 e. The summed E-state index contributed by atoms with van der Waals surface area (Å²) in [4.78, 5) is 14.6. The third-order valence-electron chi connectivity index (χ3n) is 2.65. The molecule has 0 aliphatic carbocycles. The van der Waals surface area contributed by atoms with Crippen LogP contribution >= 0.6 is 11.6 Å². The summed E-state index contributed by atoms with van der Waals surface area (Å²) < 4.78 is 32.0. The molecule has 0 saturated carbocycles. The number of anilines is 1. The number of hydrogen-bond acceptors (Lipinski definition) is 5. The molecule has 0 spiro atoms. The topological polar surface area (TPSA) is 110 Å². The van der Waals surface area contributed by atoms with Crippen LogP contribution in [-0.4, -0.2) is 24.5 Å². The lowest BCUT2D eigenvalue weighted by molar-refractivity contribution is 0.0691. The van der Waals surface area contributed by atoms with Gasteiger partial charge in [-0.25, -0.2) is 18.2 Å². The molecule has 2 aromatic rings. The molecule has 0 aromatic carbocycles. The summed E-state index contributed by atoms with van der Waals surface area (Å²) in [7, 11) is -4.16. The minimum absolute atomic E-state index is 0.0134. The predicted octanol–water partition coefficient (Wildman–Crippen LogP) is 2.44. The molecule has 0 saturated heterocycles. The molecule has 0 amide bonds. The van der Waals surface area contributed by atoms with Crippen LogP contribution in [0.3, 0.4) is 0 Å². The van der Waals surface area contributed by atoms with Gasteiger partial charge in [0.15, 0.2) is 0 Å². The molecule has 0 atom stereocenters. The molecule has 0 fully saturated rings. The van der Waals surface area contributed by atoms with Crippen molar-refractivity contribution in [1.29, 1.82) is 0 Å². The quantitative estimate of drug-likeness (QED) is 0.891. The number of nitrogens with one attached hydrogen (secondary N) is 1. The molecule has 2 aromatic heterocycles. The van der Waals surface area contributed by atoms with E-state index in [0.29, 0.717) is 5.02 Å². The van der Waals surface area contributed by atoms with Crippen LogP contribution in [0, 0.1) is 13.8 Å². The number of hydrogen-bond donors (Lipinski definition) is 2. The van der Waals surface area contributed by atoms with E-state index in [0.717, 1.165) is 0 Å². The van der Waals surface area contributed by atoms with Gasteiger partial charge in [0, 0.05) is 17.3 Å². The zero-order chi connectivity index (χ0) is 15.8. The summed E-state index contributed by atoms with van der Waals surface area (Å²) >= 11 is 5.75. The fourth-order valence-corrected chi connectivity index (χ4v) is 3.45. The molecule has 2 N–H and O–H groups in total. The van der Waals surface area contributed by atoms with Crippen LogP contribution in [0.2, 0.25) is 5.02 Å². The van der Waals surface area contributed by atoms with E-state index in [4.69, 9.17) is 21.1 Å². The van der Waals surface area contributed by atoms with Crippen molar-refractivity contribution in [2.75, 3.05) is 4.72 Å². The molecule has 0 unspecified atom stereocenters. The molecule has 112 valence electrons. The average molecular weight is 331 g/mol. The zero-order valence-electron chi connectivity index (χ0n) is 11.0. The molecule has 9 heteroatoms. The Balaban J connectivity index is 2.53. The van der Waals surface area contributed by atoms with Gasteiger partial charge in [-0.2, -0.15) is 0 Å². The van der Waals surface area contributed by atoms with Gasteiger partial charge in [0.25, 0.3) is 10.0 Å². The van der Waals surface area contributed by atoms with E-state index in [2.05, 4.69) is 9.71 Å². The van der Waals surface area contributed by atoms with Gasteiger partial charge in [-0.15, -0.1) is 0 Å². The molecule has 0 radical (unpaired) electrons. The molecule has 0 aliphatic rings. The van der Waals surface area contributed by atoms with Gasteiger partial charge in [0.1, 0.15) is 27.8 Å². The maximum absolute atomic E-state index is 12.4. The smallest absolute Gasteiger partial charge is 0.340 e. The van der Waals surface area contributed by atoms with Crippen molar-refractivity contribution < 1.29 is 22.7 Å². The second-order valence-electron chi connectivity index (χ2n) is 4.19. The molecular formula is C12H11ClN2O5S. The maximum atomic E-state index is 12.4. The van der Waals surface area contributed by atoms with Gasteiger partial charge in [0.05, 0.1) is 0 Å². The number of sulfonamides is 1. The Morgan fingerprint density at radius 3 is 2.62 bits per heavy atom. The molecule has 7 nitrogen and oxygen atoms in total. The van der Waals surface area contributed by atoms with Gasteiger partial charge in [-0.3, -0.25) is 4.72 Å². The Bertz CT molecular complexity index is 813. The molecule has 0 aliphatic heterocycles. The highest BCUT2D eigenvalue weighted by molar-refractivity contribution is 7.92. The van der Waals surface area contributed by atoms with Crippen molar-refractivity contribution in [3.8, 4) is 0 Å². The molecule has 0 bridgehead atoms. The summed E-state index contributed by atoms with van der Waals surface area (Å²) in [6, 6.07) is 2.79. The lowest BCUT2D eigenvalue weighted by atomic mass is 10.2. The van der Waals surface area contributed by atoms with Crippen LogP contribution in [0.5, 0.6) is 0 Å². The van der Waals surface area contributed by atoms with E-state index in [1.54, 1.807) is 0 Å². The monoisotopic (exact) mass is 330 g/mol. The number of carboxylic acid groups (broad SMARTS) is 1. The van der Waals surface area contributed by atoms with E-state index < -0.39 is 26.5 Å². The first-order chi connectivity index (χ1) is 9.72. The third-order valence-corrected chi connectivity index (χ3v) is 4.39. The lowest BCUT2D eigenvalue weighted by Crippen LogP contribution is -2.17. The first-order valence-corrected chi connectivity index (χ1v) is 7.56. The number of nitrogens with zero attached hydrogens (tertiary/aromatic N) is 1. The summed E-state index contributed by atoms with van der Waals surface area (Å²) in [5.74, 6) is -1.40. The van der Waals surface area contributed by atoms with Crippen LogP contribution < -0.4 is 4.72 Å². The summed E-state index contributed by atoms with van der Waals surface area (Å²) in [5.41, 5.74) is -0.401. The van der Waals surface area contributed by atoms with Crippen molar-refractivity contribution in [1.82, 2.24) is 4.98 Å². The van der Waals surface area contributed by atoms with E-state index in [1.165, 1.54) is 32.2 Å². The lowest BCUT2D eigenvalue weighted by Gasteiger charge is -2.07. The number of aromatic carboxylic acids is 1. The number of carbonyl (C=O) groups is 1. The molecule has 21 heavy (non-hydrogen) atoms. The molecule has 2 rings (SSSR count). The highest BCUT2D eigenvalue weighted by Gasteiger charge is 2.31. The standard InChI is InChI=1S/C12H11ClN2O5S/c1-6-10(12(16)17)11(7(2)20-6)21(18,19)15-9-5-8(13)3-4-14-9/h3-5H,1-2H3,(H,14,15)(H,16,17). The number of halogens is 1. The summed E-state index contributed by atoms with van der Waals surface area (Å²) in [5, 5.41) is 9.44. The third kappa shape index (κ3) is 3.01. The minimum atomic E-state index is -4.16. The Labute approximate surface area is 125 Å². The summed E-state index contributed by atoms with van der Waals surface area (Å²) in [6.45, 7) is 2.76. The van der Waals surface area contributed by atoms with Crippen LogP contribution in [0.1, 0.15) is 21.9 Å². The van der Waals surface area contributed by atoms with Crippen molar-refractivity contribution in [2.45, 2.75) is 18.7 Å². The second-order valence-corrected chi connectivity index (χ2v) is 6.24. The van der Waals surface area contributed by atoms with Crippen LogP contribution in [0.25, 0.3) is 0 Å². The van der Waals surface area contributed by atoms with Crippen molar-refractivity contribution in [3.05, 3.63) is 40.4 Å². The Hall–Kier alpha value is -2.06. The Kier molecular flexibility index (Phi) is 3.93. The minimum Gasteiger partial charge on any atom is -0.478 e. The van der Waals surface area contributed by atoms with Crippen molar-refractivity contribution in [3.63, 3.8) is 0 Å². The van der Waals surface area contributed by atoms with Gasteiger partial charge >= 0.3 is 5.97 Å². The number of furan rings is 1. The van der Waals surface area contributed by atoms with Crippen LogP contribution in [-0.2, 0) is 10.0 Å². The Morgan fingerprint density at radius 1 is 1.38 bits per heavy atom. The number of aromatic nitrogens is 1. The molecular weight excluding hydrogens is 320 g/mol. The molecule has 2 heterocycles. The van der Waals surface area contributed by atoms with Gasteiger partial charge in [0.2, 0.25) is 0 Å². The zero-order valence-corrected chi connectivity index (χ0v) is 12.6. The predicted molar refractivity (Wildman–Crippen MR) is 75.2 cm³/mol. The van der Waals surface area contributed by atoms with E-state index in [-0.39, 0.29) is 17.3 Å². The van der Waals surface area contributed by atoms with E-state index in [1.807, 2.05) is 0 Å². The largest absolute Gasteiger partial charge is 0.478 e. The van der Waals surface area contributed by atoms with E-state index in [9.17, 15) is 13.2 Å². The van der Waals surface area contributed by atoms with E-state index >= 15 is 0 Å². The van der Waals surface area contributed by atoms with Crippen molar-refractivity contribution >= 4 is 33.4 Å². The van der Waals surface area contributed by atoms with Gasteiger partial charge in [-0.1, -0.05) is 11.6 Å². The first kappa shape index (κ1) is 15.3. The summed E-state index contributed by atoms with van der Waals surface area (Å²) in [6.07, 6.45) is 1.33. The SMILES string of the molecule is Cc1oc(C)c(S(=O)(=O)Nc2cc(Cl)ccn2)c1C(=O)O. The Morgan fingerprint density at radius 2 is 2.05 bits per heavy atom. The normalized spacial score (nSPS) is 11.4. The first-order valence-electron chi connectivity index (χ1n) is 5.70. The highest BCUT2D eigenvalue weighted by atomic mass is 35.5. The van der Waals surface area contributed by atoms with Crippen molar-refractivity contribution in [2.24, 2.45) is 0 Å². The highest BCUT2D eigenvalue weighted by Crippen LogP contribution is 2.28. The van der Waals surface area contributed by atoms with Crippen LogP contribution in [0.4, 0.5) is 5.82 Å². The second kappa shape index (κ2) is 5.38.